The number of amides is 1. The lowest BCUT2D eigenvalue weighted by Crippen LogP contribution is -2.64. The molecule has 1 amide bonds. The van der Waals surface area contributed by atoms with Gasteiger partial charge >= 0.3 is 5.97 Å². The fourth-order valence-electron chi connectivity index (χ4n) is 4.16. The van der Waals surface area contributed by atoms with Crippen LogP contribution in [0.2, 0.25) is 0 Å². The molecule has 13 heteroatoms. The number of fused-ring (bicyclic) bond motifs is 1. The molecule has 12 nitrogen and oxygen atoms in total. The number of aliphatic carboxylic acids is 1. The predicted octanol–water partition coefficient (Wildman–Crippen LogP) is 1.70. The molecule has 0 spiro atoms. The minimum Gasteiger partial charge on any atom is -0.478 e. The normalized spacial score (nSPS) is 19.4. The number of hydrogen-bond acceptors (Lipinski definition) is 8. The van der Waals surface area contributed by atoms with Gasteiger partial charge in [0.05, 0.1) is 4.90 Å². The summed E-state index contributed by atoms with van der Waals surface area (Å²) in [5, 5.41) is 16.4. The monoisotopic (exact) mass is 530 g/mol. The summed E-state index contributed by atoms with van der Waals surface area (Å²) in [5.41, 5.74) is 0.516. The molecule has 198 valence electrons. The van der Waals surface area contributed by atoms with Crippen LogP contribution in [-0.4, -0.2) is 59.7 Å². The van der Waals surface area contributed by atoms with Crippen molar-refractivity contribution in [2.75, 3.05) is 11.9 Å². The second-order valence-corrected chi connectivity index (χ2v) is 10.7. The summed E-state index contributed by atoms with van der Waals surface area (Å²) in [5.74, 6) is -1.59. The molecule has 1 aliphatic heterocycles. The number of anilines is 1. The maximum atomic E-state index is 13.2. The van der Waals surface area contributed by atoms with Gasteiger partial charge in [0.25, 0.3) is 5.91 Å². The summed E-state index contributed by atoms with van der Waals surface area (Å²) in [6.45, 7) is 1.82. The number of nitrogens with zero attached hydrogens (tertiary/aromatic N) is 1. The molecule has 3 aromatic rings. The minimum absolute atomic E-state index is 0.0901. The Balaban J connectivity index is 1.33. The van der Waals surface area contributed by atoms with E-state index in [1.54, 1.807) is 48.8 Å². The van der Waals surface area contributed by atoms with Crippen molar-refractivity contribution in [1.29, 1.82) is 0 Å². The first-order chi connectivity index (χ1) is 17.7. The smallest absolute Gasteiger partial charge is 0.345 e. The van der Waals surface area contributed by atoms with Crippen LogP contribution in [-0.2, 0) is 24.4 Å². The standard InChI is InChI=1S/C24H30N6O6S/c1-24(22(32)33,30-37(34,35)20-11-6-8-16-7-2-3-10-18(16)20)28-21(31)19-15-17(29-36-19)9-4-5-12-25-23-26-13-14-27-23/h2-3,6-8,10-11,13-14,17,19,29-30H,4-5,9,12,15H2,1H3,(H,28,31)(H,32,33)(H2,25,26,27). The van der Waals surface area contributed by atoms with Crippen molar-refractivity contribution in [3.63, 3.8) is 0 Å². The molecule has 4 rings (SSSR count). The van der Waals surface area contributed by atoms with Crippen LogP contribution in [0, 0.1) is 0 Å². The molecule has 0 aliphatic carbocycles. The number of nitrogens with one attached hydrogen (secondary N) is 5. The van der Waals surface area contributed by atoms with Crippen LogP contribution in [0.25, 0.3) is 10.8 Å². The number of carboxylic acid groups (broad SMARTS) is 1. The fraction of sp³-hybridized carbons (Fsp3) is 0.375. The summed E-state index contributed by atoms with van der Waals surface area (Å²) in [6.07, 6.45) is 5.24. The number of aromatic nitrogens is 2. The molecule has 37 heavy (non-hydrogen) atoms. The Labute approximate surface area is 214 Å². The van der Waals surface area contributed by atoms with Crippen LogP contribution in [0.4, 0.5) is 5.95 Å². The Morgan fingerprint density at radius 1 is 1.19 bits per heavy atom. The number of imidazole rings is 1. The van der Waals surface area contributed by atoms with Crippen molar-refractivity contribution in [1.82, 2.24) is 25.5 Å². The SMILES string of the molecule is CC(NC(=O)C1CC(CCCCNc2ncc[nH]2)NO1)(NS(=O)(=O)c1cccc2ccccc12)C(=O)O. The van der Waals surface area contributed by atoms with Gasteiger partial charge in [-0.2, -0.15) is 10.2 Å². The summed E-state index contributed by atoms with van der Waals surface area (Å²) in [4.78, 5) is 37.3. The van der Waals surface area contributed by atoms with Crippen molar-refractivity contribution in [2.24, 2.45) is 0 Å². The molecule has 0 saturated carbocycles. The van der Waals surface area contributed by atoms with Gasteiger partial charge < -0.3 is 20.7 Å². The average molecular weight is 531 g/mol. The van der Waals surface area contributed by atoms with E-state index in [9.17, 15) is 23.1 Å². The Kier molecular flexibility index (Phi) is 8.07. The van der Waals surface area contributed by atoms with Crippen LogP contribution in [0.15, 0.2) is 59.8 Å². The Bertz CT molecular complexity index is 1340. The minimum atomic E-state index is -4.32. The zero-order valence-corrected chi connectivity index (χ0v) is 21.0. The number of hydrogen-bond donors (Lipinski definition) is 6. The summed E-state index contributed by atoms with van der Waals surface area (Å²) < 4.78 is 28.5. The van der Waals surface area contributed by atoms with E-state index in [1.165, 1.54) is 6.07 Å². The van der Waals surface area contributed by atoms with Gasteiger partial charge in [-0.05, 0) is 31.2 Å². The summed E-state index contributed by atoms with van der Waals surface area (Å²) >= 11 is 0. The maximum Gasteiger partial charge on any atom is 0.345 e. The molecule has 6 N–H and O–H groups in total. The number of aromatic amines is 1. The topological polar surface area (TPSA) is 175 Å². The number of rotatable bonds is 12. The van der Waals surface area contributed by atoms with E-state index in [4.69, 9.17) is 4.84 Å². The third-order valence-corrected chi connectivity index (χ3v) is 7.73. The summed E-state index contributed by atoms with van der Waals surface area (Å²) in [7, 11) is -4.32. The van der Waals surface area contributed by atoms with Crippen LogP contribution in [0.3, 0.4) is 0 Å². The van der Waals surface area contributed by atoms with E-state index in [2.05, 4.69) is 30.8 Å². The number of carbonyl (C=O) groups is 2. The third kappa shape index (κ3) is 6.43. The molecule has 2 heterocycles. The van der Waals surface area contributed by atoms with Gasteiger partial charge in [-0.1, -0.05) is 42.8 Å². The lowest BCUT2D eigenvalue weighted by Gasteiger charge is -2.28. The van der Waals surface area contributed by atoms with E-state index >= 15 is 0 Å². The lowest BCUT2D eigenvalue weighted by molar-refractivity contribution is -0.150. The Hall–Kier alpha value is -3.52. The molecular weight excluding hydrogens is 500 g/mol. The maximum absolute atomic E-state index is 13.2. The van der Waals surface area contributed by atoms with Crippen LogP contribution < -0.4 is 20.8 Å². The molecule has 3 unspecified atom stereocenters. The summed E-state index contributed by atoms with van der Waals surface area (Å²) in [6, 6.07) is 11.5. The van der Waals surface area contributed by atoms with Gasteiger partial charge in [-0.25, -0.2) is 18.2 Å². The highest BCUT2D eigenvalue weighted by molar-refractivity contribution is 7.89. The number of unbranched alkanes of at least 4 members (excludes halogenated alkanes) is 1. The van der Waals surface area contributed by atoms with Crippen LogP contribution >= 0.6 is 0 Å². The highest BCUT2D eigenvalue weighted by Crippen LogP contribution is 2.24. The Morgan fingerprint density at radius 3 is 2.73 bits per heavy atom. The molecule has 0 bridgehead atoms. The second kappa shape index (κ2) is 11.3. The number of carboxylic acids is 1. The molecule has 1 aliphatic rings. The van der Waals surface area contributed by atoms with Crippen molar-refractivity contribution >= 4 is 38.6 Å². The average Bonchev–Trinajstić information content (AvgIpc) is 3.55. The van der Waals surface area contributed by atoms with E-state index in [0.29, 0.717) is 23.1 Å². The van der Waals surface area contributed by atoms with Gasteiger partial charge in [0.2, 0.25) is 15.7 Å². The zero-order valence-electron chi connectivity index (χ0n) is 20.2. The number of hydroxylamine groups is 1. The van der Waals surface area contributed by atoms with Crippen LogP contribution in [0.1, 0.15) is 32.6 Å². The van der Waals surface area contributed by atoms with Gasteiger partial charge in [0.15, 0.2) is 12.1 Å². The molecule has 1 fully saturated rings. The first-order valence-corrected chi connectivity index (χ1v) is 13.4. The van der Waals surface area contributed by atoms with E-state index in [0.717, 1.165) is 32.7 Å². The highest BCUT2D eigenvalue weighted by Gasteiger charge is 2.42. The van der Waals surface area contributed by atoms with E-state index in [-0.39, 0.29) is 10.9 Å². The van der Waals surface area contributed by atoms with Gasteiger partial charge in [0, 0.05) is 36.8 Å². The quantitative estimate of drug-likeness (QED) is 0.150. The van der Waals surface area contributed by atoms with Crippen molar-refractivity contribution in [3.8, 4) is 0 Å². The predicted molar refractivity (Wildman–Crippen MR) is 136 cm³/mol. The first-order valence-electron chi connectivity index (χ1n) is 11.9. The Morgan fingerprint density at radius 2 is 1.97 bits per heavy atom. The van der Waals surface area contributed by atoms with E-state index in [1.807, 2.05) is 0 Å². The molecular formula is C24H30N6O6S. The van der Waals surface area contributed by atoms with E-state index < -0.39 is 33.7 Å². The molecule has 3 atom stereocenters. The molecule has 1 saturated heterocycles. The number of sulfonamides is 1. The number of H-pyrrole nitrogens is 1. The third-order valence-electron chi connectivity index (χ3n) is 6.12. The highest BCUT2D eigenvalue weighted by atomic mass is 32.2. The van der Waals surface area contributed by atoms with Gasteiger partial charge in [-0.15, -0.1) is 0 Å². The molecule has 2 aromatic carbocycles. The number of carbonyl (C=O) groups excluding carboxylic acids is 1. The second-order valence-electron chi connectivity index (χ2n) is 9.02. The first kappa shape index (κ1) is 26.5. The van der Waals surface area contributed by atoms with Crippen molar-refractivity contribution < 1.29 is 28.0 Å². The van der Waals surface area contributed by atoms with Gasteiger partial charge in [-0.3, -0.25) is 9.63 Å². The van der Waals surface area contributed by atoms with Crippen LogP contribution in [0.5, 0.6) is 0 Å². The van der Waals surface area contributed by atoms with Gasteiger partial charge in [0.1, 0.15) is 0 Å². The van der Waals surface area contributed by atoms with Crippen molar-refractivity contribution in [2.45, 2.75) is 55.3 Å². The molecule has 0 radical (unpaired) electrons. The lowest BCUT2D eigenvalue weighted by atomic mass is 10.0. The number of benzene rings is 2. The molecule has 1 aromatic heterocycles. The largest absolute Gasteiger partial charge is 0.478 e. The fourth-order valence-corrected chi connectivity index (χ4v) is 5.68. The zero-order chi connectivity index (χ0) is 26.5. The van der Waals surface area contributed by atoms with Crippen molar-refractivity contribution in [3.05, 3.63) is 54.9 Å².